The number of ether oxygens (including phenoxy) is 3. The quantitative estimate of drug-likeness (QED) is 0.818. The second-order valence-electron chi connectivity index (χ2n) is 3.82. The molecule has 0 aliphatic carbocycles. The molecule has 5 heteroatoms. The molecule has 0 aromatic heterocycles. The summed E-state index contributed by atoms with van der Waals surface area (Å²) in [5, 5.41) is 9.81. The Morgan fingerprint density at radius 1 is 1.41 bits per heavy atom. The summed E-state index contributed by atoms with van der Waals surface area (Å²) in [5.74, 6) is 1.70. The number of rotatable bonds is 3. The van der Waals surface area contributed by atoms with Crippen molar-refractivity contribution in [2.75, 3.05) is 26.9 Å². The zero-order valence-corrected chi connectivity index (χ0v) is 9.81. The van der Waals surface area contributed by atoms with Crippen LogP contribution in [0.25, 0.3) is 0 Å². The molecule has 1 aliphatic heterocycles. The van der Waals surface area contributed by atoms with Crippen LogP contribution in [0.1, 0.15) is 18.1 Å². The van der Waals surface area contributed by atoms with Crippen LogP contribution in [0.4, 0.5) is 0 Å². The Balaban J connectivity index is 2.46. The number of nitrogens with two attached hydrogens (primary N) is 1. The van der Waals surface area contributed by atoms with Crippen LogP contribution < -0.4 is 19.9 Å². The van der Waals surface area contributed by atoms with E-state index in [1.807, 2.05) is 0 Å². The fourth-order valence-electron chi connectivity index (χ4n) is 1.83. The Morgan fingerprint density at radius 2 is 2.18 bits per heavy atom. The van der Waals surface area contributed by atoms with Gasteiger partial charge in [0.15, 0.2) is 11.5 Å². The molecule has 0 spiro atoms. The van der Waals surface area contributed by atoms with Crippen LogP contribution >= 0.6 is 0 Å². The van der Waals surface area contributed by atoms with E-state index < -0.39 is 6.10 Å². The van der Waals surface area contributed by atoms with Crippen molar-refractivity contribution in [3.63, 3.8) is 0 Å². The lowest BCUT2D eigenvalue weighted by atomic mass is 10.1. The van der Waals surface area contributed by atoms with Gasteiger partial charge in [-0.2, -0.15) is 0 Å². The van der Waals surface area contributed by atoms with Crippen molar-refractivity contribution in [1.29, 1.82) is 0 Å². The zero-order valence-electron chi connectivity index (χ0n) is 9.81. The summed E-state index contributed by atoms with van der Waals surface area (Å²) in [6, 6.07) is 3.53. The maximum atomic E-state index is 9.81. The SMILES string of the molecule is COc1c(C(O)CN)ccc2c1OCCCO2. The summed E-state index contributed by atoms with van der Waals surface area (Å²) in [4.78, 5) is 0. The Morgan fingerprint density at radius 3 is 2.88 bits per heavy atom. The molecule has 94 valence electrons. The molecule has 1 aromatic rings. The van der Waals surface area contributed by atoms with Gasteiger partial charge in [0.05, 0.1) is 26.4 Å². The van der Waals surface area contributed by atoms with E-state index in [0.29, 0.717) is 36.0 Å². The van der Waals surface area contributed by atoms with Gasteiger partial charge in [-0.15, -0.1) is 0 Å². The summed E-state index contributed by atoms with van der Waals surface area (Å²) in [6.45, 7) is 1.33. The van der Waals surface area contributed by atoms with Crippen LogP contribution in [0.2, 0.25) is 0 Å². The Hall–Kier alpha value is -1.46. The normalized spacial score (nSPS) is 16.2. The van der Waals surface area contributed by atoms with Crippen LogP contribution in [0.3, 0.4) is 0 Å². The second-order valence-corrected chi connectivity index (χ2v) is 3.82. The molecular formula is C12H17NO4. The van der Waals surface area contributed by atoms with Crippen molar-refractivity contribution < 1.29 is 19.3 Å². The number of fused-ring (bicyclic) bond motifs is 1. The molecule has 1 aliphatic rings. The fourth-order valence-corrected chi connectivity index (χ4v) is 1.83. The summed E-state index contributed by atoms with van der Waals surface area (Å²) in [6.07, 6.45) is 0.0641. The van der Waals surface area contributed by atoms with Gasteiger partial charge in [0.2, 0.25) is 5.75 Å². The molecule has 0 saturated carbocycles. The lowest BCUT2D eigenvalue weighted by Gasteiger charge is -2.17. The first kappa shape index (κ1) is 12.0. The largest absolute Gasteiger partial charge is 0.492 e. The standard InChI is InChI=1S/C12H17NO4/c1-15-11-8(9(14)7-13)3-4-10-12(11)17-6-2-5-16-10/h3-4,9,14H,2,5-7,13H2,1H3. The second kappa shape index (κ2) is 5.25. The summed E-state index contributed by atoms with van der Waals surface area (Å²) in [7, 11) is 1.54. The predicted molar refractivity (Wildman–Crippen MR) is 62.6 cm³/mol. The monoisotopic (exact) mass is 239 g/mol. The Bertz CT molecular complexity index is 394. The number of hydrogen-bond donors (Lipinski definition) is 2. The average molecular weight is 239 g/mol. The van der Waals surface area contributed by atoms with E-state index in [1.54, 1.807) is 12.1 Å². The number of aliphatic hydroxyl groups is 1. The molecule has 0 radical (unpaired) electrons. The Labute approximate surface area is 100 Å². The van der Waals surface area contributed by atoms with Crippen molar-refractivity contribution in [2.24, 2.45) is 5.73 Å². The highest BCUT2D eigenvalue weighted by Gasteiger charge is 2.22. The topological polar surface area (TPSA) is 73.9 Å². The van der Waals surface area contributed by atoms with Crippen molar-refractivity contribution in [3.8, 4) is 17.2 Å². The maximum Gasteiger partial charge on any atom is 0.203 e. The first-order valence-corrected chi connectivity index (χ1v) is 5.62. The van der Waals surface area contributed by atoms with E-state index in [2.05, 4.69) is 0 Å². The number of methoxy groups -OCH3 is 1. The first-order chi connectivity index (χ1) is 8.27. The van der Waals surface area contributed by atoms with Gasteiger partial charge in [0.25, 0.3) is 0 Å². The van der Waals surface area contributed by atoms with Crippen LogP contribution in [0.5, 0.6) is 17.2 Å². The minimum atomic E-state index is -0.762. The molecule has 3 N–H and O–H groups in total. The van der Waals surface area contributed by atoms with Crippen molar-refractivity contribution in [2.45, 2.75) is 12.5 Å². The van der Waals surface area contributed by atoms with E-state index in [0.717, 1.165) is 6.42 Å². The fraction of sp³-hybridized carbons (Fsp3) is 0.500. The van der Waals surface area contributed by atoms with E-state index in [4.69, 9.17) is 19.9 Å². The third kappa shape index (κ3) is 2.30. The zero-order chi connectivity index (χ0) is 12.3. The van der Waals surface area contributed by atoms with Crippen LogP contribution in [-0.4, -0.2) is 32.0 Å². The molecular weight excluding hydrogens is 222 g/mol. The predicted octanol–water partition coefficient (Wildman–Crippen LogP) is 0.849. The van der Waals surface area contributed by atoms with E-state index in [9.17, 15) is 5.11 Å². The molecule has 1 atom stereocenters. The highest BCUT2D eigenvalue weighted by molar-refractivity contribution is 5.56. The molecule has 0 bridgehead atoms. The summed E-state index contributed by atoms with van der Waals surface area (Å²) >= 11 is 0. The van der Waals surface area contributed by atoms with E-state index in [-0.39, 0.29) is 6.54 Å². The number of aliphatic hydroxyl groups excluding tert-OH is 1. The molecule has 0 amide bonds. The van der Waals surface area contributed by atoms with Gasteiger partial charge in [0, 0.05) is 18.5 Å². The maximum absolute atomic E-state index is 9.81. The molecule has 0 saturated heterocycles. The van der Waals surface area contributed by atoms with Gasteiger partial charge in [-0.1, -0.05) is 0 Å². The highest BCUT2D eigenvalue weighted by Crippen LogP contribution is 2.43. The summed E-state index contributed by atoms with van der Waals surface area (Å²) < 4.78 is 16.4. The van der Waals surface area contributed by atoms with Crippen molar-refractivity contribution in [3.05, 3.63) is 17.7 Å². The van der Waals surface area contributed by atoms with E-state index >= 15 is 0 Å². The van der Waals surface area contributed by atoms with Gasteiger partial charge in [-0.25, -0.2) is 0 Å². The van der Waals surface area contributed by atoms with Gasteiger partial charge >= 0.3 is 0 Å². The van der Waals surface area contributed by atoms with Crippen LogP contribution in [-0.2, 0) is 0 Å². The van der Waals surface area contributed by atoms with E-state index in [1.165, 1.54) is 7.11 Å². The molecule has 2 rings (SSSR count). The molecule has 1 aromatic carbocycles. The van der Waals surface area contributed by atoms with Gasteiger partial charge < -0.3 is 25.1 Å². The highest BCUT2D eigenvalue weighted by atomic mass is 16.5. The lowest BCUT2D eigenvalue weighted by Crippen LogP contribution is -2.13. The smallest absolute Gasteiger partial charge is 0.203 e. The van der Waals surface area contributed by atoms with Gasteiger partial charge in [-0.3, -0.25) is 0 Å². The first-order valence-electron chi connectivity index (χ1n) is 5.62. The van der Waals surface area contributed by atoms with Crippen LogP contribution in [0, 0.1) is 0 Å². The van der Waals surface area contributed by atoms with Gasteiger partial charge in [-0.05, 0) is 12.1 Å². The molecule has 5 nitrogen and oxygen atoms in total. The van der Waals surface area contributed by atoms with Crippen molar-refractivity contribution >= 4 is 0 Å². The number of benzene rings is 1. The minimum Gasteiger partial charge on any atom is -0.492 e. The molecule has 0 fully saturated rings. The van der Waals surface area contributed by atoms with Crippen LogP contribution in [0.15, 0.2) is 12.1 Å². The molecule has 17 heavy (non-hydrogen) atoms. The number of hydrogen-bond acceptors (Lipinski definition) is 5. The van der Waals surface area contributed by atoms with Gasteiger partial charge in [0.1, 0.15) is 0 Å². The van der Waals surface area contributed by atoms with Crippen molar-refractivity contribution in [1.82, 2.24) is 0 Å². The minimum absolute atomic E-state index is 0.135. The third-order valence-electron chi connectivity index (χ3n) is 2.69. The average Bonchev–Trinajstić information content (AvgIpc) is 2.61. The molecule has 1 unspecified atom stereocenters. The third-order valence-corrected chi connectivity index (χ3v) is 2.69. The molecule has 1 heterocycles. The lowest BCUT2D eigenvalue weighted by molar-refractivity contribution is 0.180. The Kier molecular flexibility index (Phi) is 3.71. The summed E-state index contributed by atoms with van der Waals surface area (Å²) in [5.41, 5.74) is 6.08.